The summed E-state index contributed by atoms with van der Waals surface area (Å²) in [6.07, 6.45) is 0.241. The Balaban J connectivity index is 1.46. The van der Waals surface area contributed by atoms with Gasteiger partial charge in [-0.05, 0) is 25.1 Å². The zero-order chi connectivity index (χ0) is 19.7. The molecule has 2 amide bonds. The highest BCUT2D eigenvalue weighted by molar-refractivity contribution is 8.00. The summed E-state index contributed by atoms with van der Waals surface area (Å²) >= 11 is 7.73. The maximum atomic E-state index is 12.6. The summed E-state index contributed by atoms with van der Waals surface area (Å²) in [5, 5.41) is 1.66. The van der Waals surface area contributed by atoms with E-state index in [4.69, 9.17) is 11.6 Å². The van der Waals surface area contributed by atoms with Gasteiger partial charge in [-0.1, -0.05) is 41.9 Å². The Morgan fingerprint density at radius 2 is 2.00 bits per heavy atom. The van der Waals surface area contributed by atoms with Crippen LogP contribution < -0.4 is 5.43 Å². The molecule has 0 saturated carbocycles. The second-order valence-electron chi connectivity index (χ2n) is 6.53. The quantitative estimate of drug-likeness (QED) is 0.691. The van der Waals surface area contributed by atoms with Crippen molar-refractivity contribution in [3.05, 3.63) is 64.9 Å². The fraction of sp³-hybridized carbons (Fsp3) is 0.250. The van der Waals surface area contributed by atoms with Gasteiger partial charge in [0.1, 0.15) is 11.2 Å². The molecule has 2 aromatic carbocycles. The lowest BCUT2D eigenvalue weighted by Gasteiger charge is -2.25. The van der Waals surface area contributed by atoms with E-state index in [-0.39, 0.29) is 23.6 Å². The molecule has 1 atom stereocenters. The molecule has 0 bridgehead atoms. The Kier molecular flexibility index (Phi) is 5.28. The lowest BCUT2D eigenvalue weighted by molar-refractivity contribution is -0.139. The summed E-state index contributed by atoms with van der Waals surface area (Å²) in [6, 6.07) is 15.2. The van der Waals surface area contributed by atoms with Crippen molar-refractivity contribution < 1.29 is 9.59 Å². The minimum Gasteiger partial charge on any atom is -0.328 e. The molecular weight excluding hydrogens is 396 g/mol. The number of para-hydroxylation sites is 2. The molecule has 8 heteroatoms. The number of aromatic nitrogens is 2. The summed E-state index contributed by atoms with van der Waals surface area (Å²) < 4.78 is 2.01. The zero-order valence-corrected chi connectivity index (χ0v) is 16.8. The van der Waals surface area contributed by atoms with Crippen molar-refractivity contribution in [2.24, 2.45) is 0 Å². The number of hydrogen-bond donors (Lipinski definition) is 1. The molecular formula is C20H19ClN4O2S. The number of hydrogen-bond acceptors (Lipinski definition) is 4. The van der Waals surface area contributed by atoms with Gasteiger partial charge in [0.15, 0.2) is 0 Å². The molecule has 6 nitrogen and oxygen atoms in total. The summed E-state index contributed by atoms with van der Waals surface area (Å²) in [6.45, 7) is 2.41. The second kappa shape index (κ2) is 7.85. The van der Waals surface area contributed by atoms with Crippen LogP contribution in [0.25, 0.3) is 11.0 Å². The van der Waals surface area contributed by atoms with E-state index in [0.717, 1.165) is 22.4 Å². The van der Waals surface area contributed by atoms with Crippen molar-refractivity contribution in [3.63, 3.8) is 0 Å². The largest absolute Gasteiger partial charge is 0.328 e. The Bertz CT molecular complexity index is 1050. The van der Waals surface area contributed by atoms with E-state index in [2.05, 4.69) is 10.4 Å². The normalized spacial score (nSPS) is 16.7. The number of carbonyl (C=O) groups excluding carboxylic acids is 2. The number of amides is 2. The molecule has 1 N–H and O–H groups in total. The first-order valence-electron chi connectivity index (χ1n) is 8.94. The smallest absolute Gasteiger partial charge is 0.252 e. The molecule has 4 rings (SSSR count). The van der Waals surface area contributed by atoms with Gasteiger partial charge in [-0.25, -0.2) is 9.99 Å². The predicted molar refractivity (Wildman–Crippen MR) is 111 cm³/mol. The number of imidazole rings is 1. The van der Waals surface area contributed by atoms with Crippen LogP contribution in [0, 0.1) is 6.92 Å². The fourth-order valence-corrected chi connectivity index (χ4v) is 4.78. The first-order chi connectivity index (χ1) is 13.5. The number of nitrogens with zero attached hydrogens (tertiary/aromatic N) is 3. The van der Waals surface area contributed by atoms with Crippen LogP contribution in [0.4, 0.5) is 0 Å². The van der Waals surface area contributed by atoms with E-state index in [1.54, 1.807) is 6.07 Å². The van der Waals surface area contributed by atoms with Gasteiger partial charge in [0.25, 0.3) is 5.91 Å². The monoisotopic (exact) mass is 414 g/mol. The predicted octanol–water partition coefficient (Wildman–Crippen LogP) is 3.69. The van der Waals surface area contributed by atoms with E-state index in [0.29, 0.717) is 17.3 Å². The van der Waals surface area contributed by atoms with Crippen molar-refractivity contribution in [1.29, 1.82) is 0 Å². The Morgan fingerprint density at radius 3 is 2.82 bits per heavy atom. The van der Waals surface area contributed by atoms with E-state index in [1.807, 2.05) is 54.0 Å². The number of thioether (sulfide) groups is 1. The van der Waals surface area contributed by atoms with Gasteiger partial charge in [0, 0.05) is 23.6 Å². The fourth-order valence-electron chi connectivity index (χ4n) is 3.33. The van der Waals surface area contributed by atoms with Gasteiger partial charge in [-0.15, -0.1) is 11.8 Å². The van der Waals surface area contributed by atoms with Crippen molar-refractivity contribution in [3.8, 4) is 0 Å². The van der Waals surface area contributed by atoms with Crippen molar-refractivity contribution in [2.45, 2.75) is 25.3 Å². The highest BCUT2D eigenvalue weighted by Gasteiger charge is 2.35. The minimum atomic E-state index is -0.319. The van der Waals surface area contributed by atoms with Crippen LogP contribution in [-0.4, -0.2) is 32.1 Å². The second-order valence-corrected chi connectivity index (χ2v) is 8.01. The molecule has 144 valence electrons. The molecule has 1 aromatic heterocycles. The number of aryl methyl sites for hydroxylation is 2. The summed E-state index contributed by atoms with van der Waals surface area (Å²) in [5.74, 6) is 0.815. The number of nitrogens with one attached hydrogen (secondary N) is 1. The average molecular weight is 415 g/mol. The van der Waals surface area contributed by atoms with Crippen LogP contribution in [-0.2, 0) is 16.1 Å². The van der Waals surface area contributed by atoms with E-state index < -0.39 is 0 Å². The highest BCUT2D eigenvalue weighted by atomic mass is 35.5. The molecule has 0 spiro atoms. The summed E-state index contributed by atoms with van der Waals surface area (Å²) in [7, 11) is 0. The number of fused-ring (bicyclic) bond motifs is 1. The maximum absolute atomic E-state index is 12.6. The first kappa shape index (κ1) is 18.8. The molecule has 0 aliphatic carbocycles. The molecule has 1 saturated heterocycles. The zero-order valence-electron chi connectivity index (χ0n) is 15.3. The van der Waals surface area contributed by atoms with Crippen LogP contribution in [0.1, 0.15) is 23.2 Å². The number of hydrazine groups is 1. The van der Waals surface area contributed by atoms with E-state index in [1.165, 1.54) is 16.8 Å². The van der Waals surface area contributed by atoms with Crippen LogP contribution in [0.5, 0.6) is 0 Å². The van der Waals surface area contributed by atoms with Crippen LogP contribution in [0.2, 0.25) is 5.02 Å². The molecule has 2 heterocycles. The topological polar surface area (TPSA) is 67.2 Å². The van der Waals surface area contributed by atoms with Crippen molar-refractivity contribution in [2.75, 3.05) is 5.75 Å². The van der Waals surface area contributed by atoms with Crippen LogP contribution in [0.3, 0.4) is 0 Å². The Hall–Kier alpha value is -2.51. The molecule has 28 heavy (non-hydrogen) atoms. The molecule has 3 aromatic rings. The Labute approximate surface area is 171 Å². The third-order valence-corrected chi connectivity index (χ3v) is 6.23. The average Bonchev–Trinajstić information content (AvgIpc) is 3.20. The van der Waals surface area contributed by atoms with Crippen molar-refractivity contribution >= 4 is 46.2 Å². The summed E-state index contributed by atoms with van der Waals surface area (Å²) in [5.41, 5.74) is 5.49. The Morgan fingerprint density at radius 1 is 1.25 bits per heavy atom. The molecule has 1 fully saturated rings. The SMILES string of the molecule is Cc1nc2ccccc2n1CCC(=O)NN1C(=O)CS[C@H]1c1ccccc1Cl. The van der Waals surface area contributed by atoms with Gasteiger partial charge in [-0.3, -0.25) is 15.0 Å². The number of carbonyl (C=O) groups is 2. The van der Waals surface area contributed by atoms with E-state index >= 15 is 0 Å². The third kappa shape index (κ3) is 3.59. The number of rotatable bonds is 5. The van der Waals surface area contributed by atoms with Gasteiger partial charge >= 0.3 is 0 Å². The molecule has 1 aliphatic rings. The molecule has 1 aliphatic heterocycles. The maximum Gasteiger partial charge on any atom is 0.252 e. The van der Waals surface area contributed by atoms with Crippen LogP contribution >= 0.6 is 23.4 Å². The van der Waals surface area contributed by atoms with Gasteiger partial charge in [-0.2, -0.15) is 0 Å². The highest BCUT2D eigenvalue weighted by Crippen LogP contribution is 2.40. The molecule has 0 unspecified atom stereocenters. The van der Waals surface area contributed by atoms with Gasteiger partial charge < -0.3 is 4.57 Å². The third-order valence-electron chi connectivity index (χ3n) is 4.69. The van der Waals surface area contributed by atoms with Crippen LogP contribution in [0.15, 0.2) is 48.5 Å². The lowest BCUT2D eigenvalue weighted by Crippen LogP contribution is -2.44. The minimum absolute atomic E-state index is 0.132. The van der Waals surface area contributed by atoms with Crippen molar-refractivity contribution in [1.82, 2.24) is 20.0 Å². The van der Waals surface area contributed by atoms with Gasteiger partial charge in [0.05, 0.1) is 16.8 Å². The summed E-state index contributed by atoms with van der Waals surface area (Å²) in [4.78, 5) is 29.4. The van der Waals surface area contributed by atoms with E-state index in [9.17, 15) is 9.59 Å². The number of halogens is 1. The first-order valence-corrected chi connectivity index (χ1v) is 10.4. The lowest BCUT2D eigenvalue weighted by atomic mass is 10.2. The standard InChI is InChI=1S/C20H19ClN4O2S/c1-13-22-16-8-4-5-9-17(16)24(13)11-10-18(26)23-25-19(27)12-28-20(25)14-6-2-3-7-15(14)21/h2-9,20H,10-12H2,1H3,(H,23,26)/t20-/m0/s1. The molecule has 0 radical (unpaired) electrons. The van der Waals surface area contributed by atoms with Gasteiger partial charge in [0.2, 0.25) is 5.91 Å². The number of benzene rings is 2.